The van der Waals surface area contributed by atoms with Crippen molar-refractivity contribution in [1.29, 1.82) is 0 Å². The Morgan fingerprint density at radius 3 is 2.68 bits per heavy atom. The number of carbonyl (C=O) groups is 1. The Labute approximate surface area is 118 Å². The molecular weight excluding hydrogens is 234 g/mol. The lowest BCUT2D eigenvalue weighted by Crippen LogP contribution is -2.35. The first-order valence-electron chi connectivity index (χ1n) is 7.95. The average Bonchev–Trinajstić information content (AvgIpc) is 3.24. The fraction of sp³-hybridized carbons (Fsp3) is 0.824. The van der Waals surface area contributed by atoms with Gasteiger partial charge in [-0.2, -0.15) is 0 Å². The van der Waals surface area contributed by atoms with E-state index in [1.165, 1.54) is 32.1 Å². The molecule has 2 aliphatic rings. The summed E-state index contributed by atoms with van der Waals surface area (Å²) in [5, 5.41) is 0. The minimum absolute atomic E-state index is 0.268. The van der Waals surface area contributed by atoms with E-state index >= 15 is 0 Å². The largest absolute Gasteiger partial charge is 0.342 e. The standard InChI is InChI=1S/C17H29NO/c1-4-5-6-7-8-16-11-17(16,3)13-18(14(2)19)12-15-9-10-15/h5-6,15-16H,4,7-13H2,1-3H3. The van der Waals surface area contributed by atoms with Crippen LogP contribution in [-0.2, 0) is 4.79 Å². The SMILES string of the molecule is CCC=CCCC1CC1(C)CN(CC1CC1)C(C)=O. The predicted molar refractivity (Wildman–Crippen MR) is 79.9 cm³/mol. The van der Waals surface area contributed by atoms with Crippen molar-refractivity contribution in [2.45, 2.75) is 59.3 Å². The quantitative estimate of drug-likeness (QED) is 0.606. The molecule has 0 bridgehead atoms. The van der Waals surface area contributed by atoms with Crippen molar-refractivity contribution in [3.05, 3.63) is 12.2 Å². The van der Waals surface area contributed by atoms with Crippen LogP contribution in [0.5, 0.6) is 0 Å². The van der Waals surface area contributed by atoms with Gasteiger partial charge in [0.1, 0.15) is 0 Å². The number of hydrogen-bond acceptors (Lipinski definition) is 1. The first-order valence-corrected chi connectivity index (χ1v) is 7.95. The summed E-state index contributed by atoms with van der Waals surface area (Å²) in [7, 11) is 0. The van der Waals surface area contributed by atoms with E-state index < -0.39 is 0 Å². The number of nitrogens with zero attached hydrogens (tertiary/aromatic N) is 1. The maximum atomic E-state index is 11.7. The molecule has 2 nitrogen and oxygen atoms in total. The molecule has 0 aromatic carbocycles. The number of carbonyl (C=O) groups excluding carboxylic acids is 1. The Hall–Kier alpha value is -0.790. The second-order valence-electron chi connectivity index (χ2n) is 6.85. The molecule has 0 radical (unpaired) electrons. The van der Waals surface area contributed by atoms with Gasteiger partial charge in [-0.05, 0) is 55.8 Å². The van der Waals surface area contributed by atoms with Crippen LogP contribution in [0.25, 0.3) is 0 Å². The van der Waals surface area contributed by atoms with Crippen LogP contribution in [-0.4, -0.2) is 23.9 Å². The highest BCUT2D eigenvalue weighted by atomic mass is 16.2. The zero-order valence-corrected chi connectivity index (χ0v) is 12.8. The summed E-state index contributed by atoms with van der Waals surface area (Å²) in [4.78, 5) is 13.8. The van der Waals surface area contributed by atoms with Crippen molar-refractivity contribution in [2.24, 2.45) is 17.3 Å². The molecule has 0 heterocycles. The van der Waals surface area contributed by atoms with Crippen LogP contribution in [0.4, 0.5) is 0 Å². The van der Waals surface area contributed by atoms with Crippen LogP contribution in [0.3, 0.4) is 0 Å². The van der Waals surface area contributed by atoms with E-state index in [9.17, 15) is 4.79 Å². The summed E-state index contributed by atoms with van der Waals surface area (Å²) in [6, 6.07) is 0. The van der Waals surface area contributed by atoms with Crippen LogP contribution in [0, 0.1) is 17.3 Å². The molecular formula is C17H29NO. The number of hydrogen-bond donors (Lipinski definition) is 0. The molecule has 2 unspecified atom stereocenters. The van der Waals surface area contributed by atoms with Gasteiger partial charge in [-0.1, -0.05) is 26.0 Å². The van der Waals surface area contributed by atoms with Gasteiger partial charge in [0.05, 0.1) is 0 Å². The Kier molecular flexibility index (Phi) is 4.70. The summed E-state index contributed by atoms with van der Waals surface area (Å²) >= 11 is 0. The van der Waals surface area contributed by atoms with Crippen molar-refractivity contribution in [2.75, 3.05) is 13.1 Å². The molecule has 0 aromatic rings. The highest BCUT2D eigenvalue weighted by molar-refractivity contribution is 5.73. The van der Waals surface area contributed by atoms with E-state index in [0.717, 1.165) is 31.3 Å². The number of amides is 1. The molecule has 0 saturated heterocycles. The van der Waals surface area contributed by atoms with Crippen molar-refractivity contribution >= 4 is 5.91 Å². The van der Waals surface area contributed by atoms with E-state index in [4.69, 9.17) is 0 Å². The molecule has 2 heteroatoms. The van der Waals surface area contributed by atoms with E-state index in [1.54, 1.807) is 6.92 Å². The molecule has 2 saturated carbocycles. The zero-order valence-electron chi connectivity index (χ0n) is 12.8. The van der Waals surface area contributed by atoms with Crippen molar-refractivity contribution in [1.82, 2.24) is 4.90 Å². The van der Waals surface area contributed by atoms with Gasteiger partial charge >= 0.3 is 0 Å². The first kappa shape index (κ1) is 14.6. The van der Waals surface area contributed by atoms with Crippen LogP contribution >= 0.6 is 0 Å². The lowest BCUT2D eigenvalue weighted by molar-refractivity contribution is -0.130. The lowest BCUT2D eigenvalue weighted by Gasteiger charge is -2.25. The van der Waals surface area contributed by atoms with Gasteiger partial charge in [-0.25, -0.2) is 0 Å². The molecule has 0 N–H and O–H groups in total. The van der Waals surface area contributed by atoms with E-state index in [0.29, 0.717) is 5.41 Å². The topological polar surface area (TPSA) is 20.3 Å². The third kappa shape index (κ3) is 4.36. The Balaban J connectivity index is 1.74. The molecule has 108 valence electrons. The van der Waals surface area contributed by atoms with Gasteiger partial charge in [-0.15, -0.1) is 0 Å². The summed E-state index contributed by atoms with van der Waals surface area (Å²) in [5.74, 6) is 1.90. The van der Waals surface area contributed by atoms with Gasteiger partial charge in [0.15, 0.2) is 0 Å². The predicted octanol–water partition coefficient (Wildman–Crippen LogP) is 4.02. The highest BCUT2D eigenvalue weighted by Gasteiger charge is 2.50. The monoisotopic (exact) mass is 263 g/mol. The first-order chi connectivity index (χ1) is 9.05. The summed E-state index contributed by atoms with van der Waals surface area (Å²) in [6.45, 7) is 8.27. The van der Waals surface area contributed by atoms with Crippen LogP contribution < -0.4 is 0 Å². The van der Waals surface area contributed by atoms with Gasteiger partial charge in [0, 0.05) is 20.0 Å². The van der Waals surface area contributed by atoms with Crippen LogP contribution in [0.15, 0.2) is 12.2 Å². The molecule has 2 aliphatic carbocycles. The summed E-state index contributed by atoms with van der Waals surface area (Å²) in [6.07, 6.45) is 12.2. The minimum atomic E-state index is 0.268. The van der Waals surface area contributed by atoms with E-state index in [2.05, 4.69) is 30.9 Å². The molecule has 0 aliphatic heterocycles. The van der Waals surface area contributed by atoms with Crippen molar-refractivity contribution in [3.63, 3.8) is 0 Å². The van der Waals surface area contributed by atoms with Crippen LogP contribution in [0.2, 0.25) is 0 Å². The normalized spacial score (nSPS) is 29.7. The Bertz CT molecular complexity index is 345. The Morgan fingerprint density at radius 2 is 2.11 bits per heavy atom. The van der Waals surface area contributed by atoms with Gasteiger partial charge in [-0.3, -0.25) is 4.79 Å². The fourth-order valence-electron chi connectivity index (χ4n) is 3.08. The van der Waals surface area contributed by atoms with Gasteiger partial charge in [0.2, 0.25) is 5.91 Å². The lowest BCUT2D eigenvalue weighted by atomic mass is 10.0. The molecule has 2 fully saturated rings. The number of allylic oxidation sites excluding steroid dienone is 2. The highest BCUT2D eigenvalue weighted by Crippen LogP contribution is 2.55. The maximum absolute atomic E-state index is 11.7. The minimum Gasteiger partial charge on any atom is -0.342 e. The van der Waals surface area contributed by atoms with Gasteiger partial charge in [0.25, 0.3) is 0 Å². The zero-order chi connectivity index (χ0) is 13.9. The average molecular weight is 263 g/mol. The molecule has 0 aromatic heterocycles. The van der Waals surface area contributed by atoms with E-state index in [-0.39, 0.29) is 5.91 Å². The fourth-order valence-corrected chi connectivity index (χ4v) is 3.08. The third-order valence-corrected chi connectivity index (χ3v) is 4.80. The second-order valence-corrected chi connectivity index (χ2v) is 6.85. The summed E-state index contributed by atoms with van der Waals surface area (Å²) in [5.41, 5.74) is 0.403. The molecule has 19 heavy (non-hydrogen) atoms. The molecule has 0 spiro atoms. The van der Waals surface area contributed by atoms with Gasteiger partial charge < -0.3 is 4.90 Å². The molecule has 1 amide bonds. The number of rotatable bonds is 8. The second kappa shape index (κ2) is 6.11. The summed E-state index contributed by atoms with van der Waals surface area (Å²) < 4.78 is 0. The maximum Gasteiger partial charge on any atom is 0.219 e. The van der Waals surface area contributed by atoms with Crippen molar-refractivity contribution < 1.29 is 4.79 Å². The van der Waals surface area contributed by atoms with Crippen LogP contribution in [0.1, 0.15) is 59.3 Å². The molecule has 2 atom stereocenters. The Morgan fingerprint density at radius 1 is 1.37 bits per heavy atom. The van der Waals surface area contributed by atoms with E-state index in [1.807, 2.05) is 0 Å². The van der Waals surface area contributed by atoms with Crippen molar-refractivity contribution in [3.8, 4) is 0 Å². The third-order valence-electron chi connectivity index (χ3n) is 4.80. The molecule has 2 rings (SSSR count). The smallest absolute Gasteiger partial charge is 0.219 e.